The first kappa shape index (κ1) is 46.3. The van der Waals surface area contributed by atoms with Gasteiger partial charge in [-0.2, -0.15) is 0 Å². The first-order chi connectivity index (χ1) is 22.4. The predicted molar refractivity (Wildman–Crippen MR) is 204 cm³/mol. The molecule has 0 spiro atoms. The van der Waals surface area contributed by atoms with Gasteiger partial charge in [-0.15, -0.1) is 0 Å². The molecule has 1 fully saturated rings. The number of hydrogen-bond acceptors (Lipinski definition) is 3. The number of unbranched alkanes of at least 4 members (excludes halogenated alkanes) is 15. The van der Waals surface area contributed by atoms with Crippen LogP contribution in [0.2, 0.25) is 0 Å². The number of aryl methyl sites for hydroxylation is 1. The van der Waals surface area contributed by atoms with Gasteiger partial charge < -0.3 is 18.1 Å². The molecule has 2 rings (SSSR count). The first-order valence-corrected chi connectivity index (χ1v) is 20.5. The standard InChI is InChI=1S/C21H45N3.C21H38N.ClH/c1-6-10-12-19(8-3)14-23-16-21(5,22)17-24(18-23)15-20(9-4)13-11-7-2;1-2-3-4-5-6-7-8-9-10-11-12-13-14-16-19-22-20-17-15-18-21-22;/h19-20H,6-18,22H2,1-5H3;15,17-18,20-21H,2-14,16,19H2,1H3;1H/q;+1;/p-1. The van der Waals surface area contributed by atoms with Crippen LogP contribution in [0.3, 0.4) is 0 Å². The maximum absolute atomic E-state index is 6.61. The normalized spacial score (nSPS) is 18.3. The maximum atomic E-state index is 6.61. The molecule has 0 radical (unpaired) electrons. The van der Waals surface area contributed by atoms with E-state index >= 15 is 0 Å². The number of hydrogen-bond donors (Lipinski definition) is 1. The third-order valence-electron chi connectivity index (χ3n) is 10.2. The molecule has 5 heteroatoms. The Morgan fingerprint density at radius 2 is 0.957 bits per heavy atom. The molecule has 1 aliphatic rings. The third kappa shape index (κ3) is 25.9. The summed E-state index contributed by atoms with van der Waals surface area (Å²) in [7, 11) is 0. The van der Waals surface area contributed by atoms with Gasteiger partial charge in [0.05, 0.1) is 6.67 Å². The quantitative estimate of drug-likeness (QED) is 0.0754. The fourth-order valence-electron chi connectivity index (χ4n) is 7.34. The fourth-order valence-corrected chi connectivity index (χ4v) is 7.34. The van der Waals surface area contributed by atoms with Crippen LogP contribution < -0.4 is 22.7 Å². The summed E-state index contributed by atoms with van der Waals surface area (Å²) < 4.78 is 2.29. The van der Waals surface area contributed by atoms with Gasteiger partial charge in [0.15, 0.2) is 12.4 Å². The first-order valence-electron chi connectivity index (χ1n) is 20.5. The number of pyridine rings is 1. The molecule has 2 unspecified atom stereocenters. The smallest absolute Gasteiger partial charge is 0.168 e. The zero-order valence-electron chi connectivity index (χ0n) is 32.6. The van der Waals surface area contributed by atoms with Crippen LogP contribution in [0.1, 0.15) is 183 Å². The summed E-state index contributed by atoms with van der Waals surface area (Å²) in [6.45, 7) is 20.7. The Balaban J connectivity index is 0.000000885. The highest BCUT2D eigenvalue weighted by atomic mass is 35.5. The topological polar surface area (TPSA) is 36.4 Å². The van der Waals surface area contributed by atoms with Crippen LogP contribution in [-0.2, 0) is 6.54 Å². The van der Waals surface area contributed by atoms with Crippen molar-refractivity contribution in [1.82, 2.24) is 9.80 Å². The van der Waals surface area contributed by atoms with Gasteiger partial charge in [0.1, 0.15) is 6.54 Å². The van der Waals surface area contributed by atoms with Gasteiger partial charge in [0.2, 0.25) is 0 Å². The zero-order valence-corrected chi connectivity index (χ0v) is 33.4. The predicted octanol–water partition coefficient (Wildman–Crippen LogP) is 8.17. The minimum absolute atomic E-state index is 0. The highest BCUT2D eigenvalue weighted by molar-refractivity contribution is 4.91. The van der Waals surface area contributed by atoms with Crippen molar-refractivity contribution in [3.63, 3.8) is 0 Å². The molecular weight excluding hydrogens is 596 g/mol. The molecule has 4 nitrogen and oxygen atoms in total. The molecule has 2 atom stereocenters. The Morgan fingerprint density at radius 1 is 0.574 bits per heavy atom. The van der Waals surface area contributed by atoms with Gasteiger partial charge in [-0.05, 0) is 38.0 Å². The van der Waals surface area contributed by atoms with Crippen LogP contribution in [0.15, 0.2) is 30.6 Å². The van der Waals surface area contributed by atoms with Crippen molar-refractivity contribution < 1.29 is 17.0 Å². The Kier molecular flexibility index (Phi) is 30.9. The van der Waals surface area contributed by atoms with E-state index in [-0.39, 0.29) is 17.9 Å². The SMILES string of the molecule is CCCCC(CC)CN1CN(CC(CC)CCCC)CC(C)(N)C1.CCCCCCCCCCCCCCCC[n+]1ccccc1.[Cl-]. The van der Waals surface area contributed by atoms with Gasteiger partial charge in [-0.1, -0.05) is 156 Å². The zero-order chi connectivity index (χ0) is 33.7. The van der Waals surface area contributed by atoms with Crippen LogP contribution in [0.4, 0.5) is 0 Å². The van der Waals surface area contributed by atoms with Crippen molar-refractivity contribution in [2.24, 2.45) is 17.6 Å². The van der Waals surface area contributed by atoms with Crippen molar-refractivity contribution in [1.29, 1.82) is 0 Å². The number of halogens is 1. The fraction of sp³-hybridized carbons (Fsp3) is 0.881. The summed E-state index contributed by atoms with van der Waals surface area (Å²) in [6.07, 6.45) is 35.1. The second-order valence-corrected chi connectivity index (χ2v) is 15.4. The number of nitrogens with two attached hydrogens (primary N) is 1. The van der Waals surface area contributed by atoms with Crippen molar-refractivity contribution in [2.45, 2.75) is 195 Å². The number of rotatable bonds is 27. The lowest BCUT2D eigenvalue weighted by atomic mass is 9.94. The third-order valence-corrected chi connectivity index (χ3v) is 10.2. The van der Waals surface area contributed by atoms with Crippen LogP contribution >= 0.6 is 0 Å². The minimum atomic E-state index is -0.0651. The van der Waals surface area contributed by atoms with E-state index in [9.17, 15) is 0 Å². The van der Waals surface area contributed by atoms with Gasteiger partial charge in [-0.3, -0.25) is 9.80 Å². The summed E-state index contributed by atoms with van der Waals surface area (Å²) in [5.41, 5.74) is 6.54. The summed E-state index contributed by atoms with van der Waals surface area (Å²) in [5.74, 6) is 1.67. The summed E-state index contributed by atoms with van der Waals surface area (Å²) in [6, 6.07) is 6.31. The lowest BCUT2D eigenvalue weighted by molar-refractivity contribution is -0.697. The highest BCUT2D eigenvalue weighted by Gasteiger charge is 2.33. The molecule has 1 saturated heterocycles. The van der Waals surface area contributed by atoms with Gasteiger partial charge in [-0.25, -0.2) is 4.57 Å². The second-order valence-electron chi connectivity index (χ2n) is 15.4. The van der Waals surface area contributed by atoms with Crippen molar-refractivity contribution in [2.75, 3.05) is 32.8 Å². The van der Waals surface area contributed by atoms with Crippen molar-refractivity contribution >= 4 is 0 Å². The Hall–Kier alpha value is -0.680. The molecule has 278 valence electrons. The Bertz CT molecular complexity index is 745. The molecule has 0 aromatic carbocycles. The van der Waals surface area contributed by atoms with E-state index in [0.717, 1.165) is 31.6 Å². The lowest BCUT2D eigenvalue weighted by Crippen LogP contribution is -3.00. The largest absolute Gasteiger partial charge is 1.00 e. The lowest BCUT2D eigenvalue weighted by Gasteiger charge is -2.46. The molecular formula is C42H83ClN4. The molecule has 0 bridgehead atoms. The van der Waals surface area contributed by atoms with Gasteiger partial charge >= 0.3 is 0 Å². The molecule has 1 aromatic heterocycles. The molecule has 2 N–H and O–H groups in total. The average Bonchev–Trinajstić information content (AvgIpc) is 3.05. The summed E-state index contributed by atoms with van der Waals surface area (Å²) in [5, 5.41) is 0. The second kappa shape index (κ2) is 31.3. The average molecular weight is 680 g/mol. The Labute approximate surface area is 301 Å². The maximum Gasteiger partial charge on any atom is 0.168 e. The van der Waals surface area contributed by atoms with Gasteiger partial charge in [0, 0.05) is 50.3 Å². The van der Waals surface area contributed by atoms with Crippen LogP contribution in [0.5, 0.6) is 0 Å². The van der Waals surface area contributed by atoms with Gasteiger partial charge in [0.25, 0.3) is 0 Å². The van der Waals surface area contributed by atoms with E-state index in [1.165, 1.54) is 161 Å². The monoisotopic (exact) mass is 679 g/mol. The minimum Gasteiger partial charge on any atom is -1.00 e. The van der Waals surface area contributed by atoms with E-state index in [2.05, 4.69) is 86.5 Å². The molecule has 1 aliphatic heterocycles. The Morgan fingerprint density at radius 3 is 1.34 bits per heavy atom. The molecule has 2 heterocycles. The molecule has 47 heavy (non-hydrogen) atoms. The molecule has 1 aromatic rings. The number of aromatic nitrogens is 1. The highest BCUT2D eigenvalue weighted by Crippen LogP contribution is 2.22. The van der Waals surface area contributed by atoms with Crippen LogP contribution in [0, 0.1) is 11.8 Å². The van der Waals surface area contributed by atoms with Crippen LogP contribution in [-0.4, -0.2) is 48.2 Å². The van der Waals surface area contributed by atoms with Crippen molar-refractivity contribution in [3.05, 3.63) is 30.6 Å². The van der Waals surface area contributed by atoms with E-state index in [0.29, 0.717) is 0 Å². The van der Waals surface area contributed by atoms with Crippen LogP contribution in [0.25, 0.3) is 0 Å². The number of nitrogens with zero attached hydrogens (tertiary/aromatic N) is 3. The molecule has 0 amide bonds. The van der Waals surface area contributed by atoms with E-state index in [4.69, 9.17) is 5.73 Å². The molecule has 0 saturated carbocycles. The van der Waals surface area contributed by atoms with E-state index in [1.54, 1.807) is 0 Å². The van der Waals surface area contributed by atoms with E-state index in [1.807, 2.05) is 0 Å². The van der Waals surface area contributed by atoms with Crippen molar-refractivity contribution in [3.8, 4) is 0 Å². The van der Waals surface area contributed by atoms with E-state index < -0.39 is 0 Å². The summed E-state index contributed by atoms with van der Waals surface area (Å²) >= 11 is 0. The summed E-state index contributed by atoms with van der Waals surface area (Å²) in [4.78, 5) is 5.28. The molecule has 0 aliphatic carbocycles.